The highest BCUT2D eigenvalue weighted by atomic mass is 79.9. The average molecular weight is 255 g/mol. The van der Waals surface area contributed by atoms with Crippen molar-refractivity contribution in [2.24, 2.45) is 0 Å². The van der Waals surface area contributed by atoms with Crippen molar-refractivity contribution in [1.82, 2.24) is 9.55 Å². The fourth-order valence-electron chi connectivity index (χ4n) is 1.48. The number of halogens is 1. The van der Waals surface area contributed by atoms with Crippen molar-refractivity contribution in [1.29, 1.82) is 0 Å². The highest BCUT2D eigenvalue weighted by Gasteiger charge is 2.04. The molecule has 2 aromatic heterocycles. The predicted molar refractivity (Wildman–Crippen MR) is 59.1 cm³/mol. The minimum absolute atomic E-state index is 0.351. The molecule has 1 atom stereocenters. The summed E-state index contributed by atoms with van der Waals surface area (Å²) in [5.41, 5.74) is 0.911. The van der Waals surface area contributed by atoms with Crippen LogP contribution in [-0.2, 0) is 6.54 Å². The number of aromatic nitrogens is 2. The Morgan fingerprint density at radius 1 is 1.64 bits per heavy atom. The summed E-state index contributed by atoms with van der Waals surface area (Å²) in [4.78, 5) is 4.30. The van der Waals surface area contributed by atoms with Crippen LogP contribution in [0.2, 0.25) is 0 Å². The molecule has 1 unspecified atom stereocenters. The average Bonchev–Trinajstić information content (AvgIpc) is 2.47. The van der Waals surface area contributed by atoms with E-state index in [1.54, 1.807) is 13.1 Å². The highest BCUT2D eigenvalue weighted by molar-refractivity contribution is 9.10. The Hall–Kier alpha value is -0.870. The summed E-state index contributed by atoms with van der Waals surface area (Å²) in [6.07, 6.45) is 3.36. The number of aliphatic hydroxyl groups is 1. The summed E-state index contributed by atoms with van der Waals surface area (Å²) in [6, 6.07) is 4.01. The smallest absolute Gasteiger partial charge is 0.139 e. The summed E-state index contributed by atoms with van der Waals surface area (Å²) in [7, 11) is 0. The summed E-state index contributed by atoms with van der Waals surface area (Å²) >= 11 is 3.37. The van der Waals surface area contributed by atoms with Crippen molar-refractivity contribution in [3.63, 3.8) is 0 Å². The van der Waals surface area contributed by atoms with Gasteiger partial charge in [-0.2, -0.15) is 0 Å². The molecule has 0 saturated heterocycles. The first kappa shape index (κ1) is 9.68. The maximum Gasteiger partial charge on any atom is 0.139 e. The number of hydrogen-bond acceptors (Lipinski definition) is 2. The Morgan fingerprint density at radius 2 is 2.43 bits per heavy atom. The maximum absolute atomic E-state index is 9.28. The predicted octanol–water partition coefficient (Wildman–Crippen LogP) is 2.18. The van der Waals surface area contributed by atoms with Gasteiger partial charge in [0.15, 0.2) is 0 Å². The first-order chi connectivity index (χ1) is 6.66. The quantitative estimate of drug-likeness (QED) is 0.893. The van der Waals surface area contributed by atoms with E-state index in [4.69, 9.17) is 0 Å². The fourth-order valence-corrected chi connectivity index (χ4v) is 1.83. The Balaban J connectivity index is 2.47. The Morgan fingerprint density at radius 3 is 3.14 bits per heavy atom. The van der Waals surface area contributed by atoms with Gasteiger partial charge >= 0.3 is 0 Å². The number of hydrogen-bond donors (Lipinski definition) is 1. The van der Waals surface area contributed by atoms with Gasteiger partial charge in [0.2, 0.25) is 0 Å². The molecular weight excluding hydrogens is 244 g/mol. The highest BCUT2D eigenvalue weighted by Crippen LogP contribution is 2.18. The minimum atomic E-state index is -0.351. The van der Waals surface area contributed by atoms with Crippen molar-refractivity contribution >= 4 is 27.0 Å². The molecule has 0 radical (unpaired) electrons. The van der Waals surface area contributed by atoms with E-state index in [-0.39, 0.29) is 6.10 Å². The Bertz CT molecular complexity index is 450. The molecule has 14 heavy (non-hydrogen) atoms. The lowest BCUT2D eigenvalue weighted by molar-refractivity contribution is 0.175. The number of rotatable bonds is 2. The molecule has 0 aliphatic heterocycles. The summed E-state index contributed by atoms with van der Waals surface area (Å²) < 4.78 is 2.92. The molecule has 0 aromatic carbocycles. The van der Waals surface area contributed by atoms with Gasteiger partial charge in [0.25, 0.3) is 0 Å². The van der Waals surface area contributed by atoms with E-state index < -0.39 is 0 Å². The van der Waals surface area contributed by atoms with E-state index in [0.29, 0.717) is 6.54 Å². The molecule has 0 spiro atoms. The molecular formula is C10H11BrN2O. The van der Waals surface area contributed by atoms with Gasteiger partial charge in [0.05, 0.1) is 6.10 Å². The van der Waals surface area contributed by atoms with Gasteiger partial charge in [-0.3, -0.25) is 0 Å². The van der Waals surface area contributed by atoms with Crippen molar-refractivity contribution in [3.05, 3.63) is 29.0 Å². The van der Waals surface area contributed by atoms with E-state index in [2.05, 4.69) is 20.9 Å². The van der Waals surface area contributed by atoms with Crippen LogP contribution < -0.4 is 0 Å². The molecule has 0 amide bonds. The minimum Gasteiger partial charge on any atom is -0.392 e. The van der Waals surface area contributed by atoms with Gasteiger partial charge in [0, 0.05) is 28.8 Å². The molecule has 1 N–H and O–H groups in total. The van der Waals surface area contributed by atoms with Crippen LogP contribution >= 0.6 is 15.9 Å². The van der Waals surface area contributed by atoms with Crippen LogP contribution in [-0.4, -0.2) is 20.8 Å². The molecule has 3 nitrogen and oxygen atoms in total. The monoisotopic (exact) mass is 254 g/mol. The topological polar surface area (TPSA) is 38.0 Å². The molecule has 0 saturated carbocycles. The van der Waals surface area contributed by atoms with Gasteiger partial charge in [0.1, 0.15) is 5.65 Å². The van der Waals surface area contributed by atoms with Crippen LogP contribution in [0, 0.1) is 0 Å². The molecule has 0 aliphatic carbocycles. The first-order valence-electron chi connectivity index (χ1n) is 4.45. The SMILES string of the molecule is CC(O)Cn1ccc2cc(Br)cnc21. The zero-order chi connectivity index (χ0) is 10.1. The van der Waals surface area contributed by atoms with E-state index in [9.17, 15) is 5.11 Å². The Kier molecular flexibility index (Phi) is 2.56. The molecule has 0 fully saturated rings. The van der Waals surface area contributed by atoms with Gasteiger partial charge in [-0.25, -0.2) is 4.98 Å². The zero-order valence-corrected chi connectivity index (χ0v) is 9.40. The molecule has 74 valence electrons. The molecule has 0 bridgehead atoms. The van der Waals surface area contributed by atoms with Crippen LogP contribution in [0.15, 0.2) is 29.0 Å². The number of aliphatic hydroxyl groups excluding tert-OH is 1. The largest absolute Gasteiger partial charge is 0.392 e. The standard InChI is InChI=1S/C10H11BrN2O/c1-7(14)6-13-3-2-8-4-9(11)5-12-10(8)13/h2-5,7,14H,6H2,1H3. The third kappa shape index (κ3) is 1.81. The van der Waals surface area contributed by atoms with Crippen LogP contribution in [0.4, 0.5) is 0 Å². The fraction of sp³-hybridized carbons (Fsp3) is 0.300. The number of pyridine rings is 1. The molecule has 2 heterocycles. The molecule has 0 aliphatic rings. The van der Waals surface area contributed by atoms with Crippen LogP contribution in [0.3, 0.4) is 0 Å². The lowest BCUT2D eigenvalue weighted by Gasteiger charge is -2.06. The second-order valence-corrected chi connectivity index (χ2v) is 4.30. The van der Waals surface area contributed by atoms with E-state index in [1.165, 1.54) is 0 Å². The van der Waals surface area contributed by atoms with Crippen LogP contribution in [0.5, 0.6) is 0 Å². The van der Waals surface area contributed by atoms with Gasteiger partial charge in [-0.05, 0) is 35.0 Å². The van der Waals surface area contributed by atoms with E-state index in [1.807, 2.05) is 22.9 Å². The number of fused-ring (bicyclic) bond motifs is 1. The molecule has 4 heteroatoms. The maximum atomic E-state index is 9.28. The summed E-state index contributed by atoms with van der Waals surface area (Å²) in [5, 5.41) is 10.4. The molecule has 2 rings (SSSR count). The lowest BCUT2D eigenvalue weighted by Crippen LogP contribution is -2.10. The third-order valence-electron chi connectivity index (χ3n) is 2.03. The van der Waals surface area contributed by atoms with Crippen LogP contribution in [0.1, 0.15) is 6.92 Å². The van der Waals surface area contributed by atoms with E-state index in [0.717, 1.165) is 15.5 Å². The number of nitrogens with zero attached hydrogens (tertiary/aromatic N) is 2. The van der Waals surface area contributed by atoms with Gasteiger partial charge in [-0.15, -0.1) is 0 Å². The second kappa shape index (κ2) is 3.71. The second-order valence-electron chi connectivity index (χ2n) is 3.38. The Labute approximate surface area is 90.5 Å². The molecule has 2 aromatic rings. The third-order valence-corrected chi connectivity index (χ3v) is 2.46. The van der Waals surface area contributed by atoms with Crippen molar-refractivity contribution < 1.29 is 5.11 Å². The van der Waals surface area contributed by atoms with E-state index >= 15 is 0 Å². The zero-order valence-electron chi connectivity index (χ0n) is 7.81. The first-order valence-corrected chi connectivity index (χ1v) is 5.24. The van der Waals surface area contributed by atoms with Crippen molar-refractivity contribution in [2.45, 2.75) is 19.6 Å². The van der Waals surface area contributed by atoms with Crippen molar-refractivity contribution in [3.8, 4) is 0 Å². The lowest BCUT2D eigenvalue weighted by atomic mass is 10.3. The van der Waals surface area contributed by atoms with Crippen LogP contribution in [0.25, 0.3) is 11.0 Å². The van der Waals surface area contributed by atoms with Gasteiger partial charge < -0.3 is 9.67 Å². The normalized spacial score (nSPS) is 13.4. The van der Waals surface area contributed by atoms with Gasteiger partial charge in [-0.1, -0.05) is 0 Å². The van der Waals surface area contributed by atoms with Crippen molar-refractivity contribution in [2.75, 3.05) is 0 Å². The summed E-state index contributed by atoms with van der Waals surface area (Å²) in [5.74, 6) is 0. The summed E-state index contributed by atoms with van der Waals surface area (Å²) in [6.45, 7) is 2.35.